The van der Waals surface area contributed by atoms with E-state index in [-0.39, 0.29) is 18.0 Å². The summed E-state index contributed by atoms with van der Waals surface area (Å²) in [5, 5.41) is 0. The van der Waals surface area contributed by atoms with Gasteiger partial charge in [-0.1, -0.05) is 73.5 Å². The zero-order chi connectivity index (χ0) is 21.3. The Morgan fingerprint density at radius 3 is 1.52 bits per heavy atom. The summed E-state index contributed by atoms with van der Waals surface area (Å²) in [5.74, 6) is -0.510. The third-order valence-electron chi connectivity index (χ3n) is 6.61. The monoisotopic (exact) mass is 420 g/mol. The molecular formula is C27H36N2O2. The van der Waals surface area contributed by atoms with E-state index in [0.29, 0.717) is 0 Å². The summed E-state index contributed by atoms with van der Waals surface area (Å²) in [6, 6.07) is 20.1. The maximum atomic E-state index is 13.6. The van der Waals surface area contributed by atoms with Gasteiger partial charge in [-0.25, -0.2) is 0 Å². The minimum absolute atomic E-state index is 0.0846. The molecule has 2 heterocycles. The summed E-state index contributed by atoms with van der Waals surface area (Å²) < 4.78 is 6.30. The third kappa shape index (κ3) is 6.41. The lowest BCUT2D eigenvalue weighted by Gasteiger charge is -2.35. The second-order valence-corrected chi connectivity index (χ2v) is 9.04. The summed E-state index contributed by atoms with van der Waals surface area (Å²) in [4.78, 5) is 18.6. The van der Waals surface area contributed by atoms with Crippen molar-refractivity contribution in [3.63, 3.8) is 0 Å². The van der Waals surface area contributed by atoms with Gasteiger partial charge in [-0.05, 0) is 63.0 Å². The van der Waals surface area contributed by atoms with E-state index in [1.54, 1.807) is 0 Å². The Bertz CT molecular complexity index is 724. The number of piperidine rings is 2. The van der Waals surface area contributed by atoms with E-state index in [9.17, 15) is 4.79 Å². The van der Waals surface area contributed by atoms with Crippen LogP contribution in [-0.2, 0) is 9.53 Å². The van der Waals surface area contributed by atoms with Crippen LogP contribution in [0.4, 0.5) is 0 Å². The largest absolute Gasteiger partial charge is 0.459 e. The molecule has 0 radical (unpaired) electrons. The molecule has 2 saturated heterocycles. The number of carbonyl (C=O) groups is 1. The second kappa shape index (κ2) is 11.4. The van der Waals surface area contributed by atoms with Gasteiger partial charge < -0.3 is 4.74 Å². The van der Waals surface area contributed by atoms with Crippen molar-refractivity contribution in [2.75, 3.05) is 39.3 Å². The van der Waals surface area contributed by atoms with Gasteiger partial charge in [0.15, 0.2) is 0 Å². The Morgan fingerprint density at radius 2 is 1.10 bits per heavy atom. The average Bonchev–Trinajstić information content (AvgIpc) is 2.82. The fourth-order valence-electron chi connectivity index (χ4n) is 4.98. The highest BCUT2D eigenvalue weighted by atomic mass is 16.5. The molecule has 4 nitrogen and oxygen atoms in total. The Kier molecular flexibility index (Phi) is 8.14. The average molecular weight is 421 g/mol. The number of rotatable bonds is 8. The van der Waals surface area contributed by atoms with Crippen molar-refractivity contribution in [1.82, 2.24) is 9.80 Å². The molecule has 2 aliphatic rings. The highest BCUT2D eigenvalue weighted by molar-refractivity contribution is 5.82. The van der Waals surface area contributed by atoms with Gasteiger partial charge in [0.25, 0.3) is 0 Å². The maximum Gasteiger partial charge on any atom is 0.318 e. The molecule has 4 rings (SSSR count). The number of esters is 1. The number of hydrogen-bond acceptors (Lipinski definition) is 4. The number of carbonyl (C=O) groups excluding carboxylic acids is 1. The molecule has 2 aromatic rings. The van der Waals surface area contributed by atoms with Gasteiger partial charge in [-0.3, -0.25) is 14.6 Å². The molecule has 0 spiro atoms. The summed E-state index contributed by atoms with van der Waals surface area (Å²) in [7, 11) is 0. The van der Waals surface area contributed by atoms with Crippen LogP contribution in [-0.4, -0.2) is 61.1 Å². The second-order valence-electron chi connectivity index (χ2n) is 9.04. The molecule has 0 atom stereocenters. The van der Waals surface area contributed by atoms with Crippen molar-refractivity contribution in [1.29, 1.82) is 0 Å². The standard InChI is InChI=1S/C27H36N2O2/c30-27(26(23-13-5-1-6-14-23)24-15-7-2-8-16-24)31-25(21-28-17-9-3-10-18-28)22-29-19-11-4-12-20-29/h1-2,5-8,13-16,25-26H,3-4,9-12,17-22H2. The molecule has 0 aromatic heterocycles. The number of hydrogen-bond donors (Lipinski definition) is 0. The topological polar surface area (TPSA) is 32.8 Å². The van der Waals surface area contributed by atoms with E-state index in [1.165, 1.54) is 38.5 Å². The van der Waals surface area contributed by atoms with E-state index in [1.807, 2.05) is 60.7 Å². The smallest absolute Gasteiger partial charge is 0.318 e. The third-order valence-corrected chi connectivity index (χ3v) is 6.61. The van der Waals surface area contributed by atoms with Gasteiger partial charge in [-0.2, -0.15) is 0 Å². The molecule has 0 N–H and O–H groups in total. The van der Waals surface area contributed by atoms with E-state index >= 15 is 0 Å². The summed E-state index contributed by atoms with van der Waals surface area (Å²) >= 11 is 0. The normalized spacial score (nSPS) is 18.4. The molecule has 166 valence electrons. The van der Waals surface area contributed by atoms with E-state index in [4.69, 9.17) is 4.74 Å². The molecule has 0 unspecified atom stereocenters. The molecule has 0 aliphatic carbocycles. The zero-order valence-corrected chi connectivity index (χ0v) is 18.6. The van der Waals surface area contributed by atoms with Crippen LogP contribution in [0.1, 0.15) is 55.6 Å². The van der Waals surface area contributed by atoms with Crippen LogP contribution in [0.5, 0.6) is 0 Å². The minimum Gasteiger partial charge on any atom is -0.459 e. The Hall–Kier alpha value is -2.17. The molecule has 2 aliphatic heterocycles. The van der Waals surface area contributed by atoms with Gasteiger partial charge in [-0.15, -0.1) is 0 Å². The molecule has 0 amide bonds. The first kappa shape index (κ1) is 22.0. The quantitative estimate of drug-likeness (QED) is 0.580. The molecule has 0 saturated carbocycles. The first-order chi connectivity index (χ1) is 15.3. The van der Waals surface area contributed by atoms with Gasteiger partial charge >= 0.3 is 5.97 Å². The molecule has 2 aromatic carbocycles. The number of ether oxygens (including phenoxy) is 1. The summed E-state index contributed by atoms with van der Waals surface area (Å²) in [5.41, 5.74) is 1.99. The minimum atomic E-state index is -0.382. The van der Waals surface area contributed by atoms with Gasteiger partial charge in [0, 0.05) is 13.1 Å². The van der Waals surface area contributed by atoms with Gasteiger partial charge in [0.1, 0.15) is 12.0 Å². The van der Waals surface area contributed by atoms with Crippen molar-refractivity contribution >= 4 is 5.97 Å². The predicted octanol–water partition coefficient (Wildman–Crippen LogP) is 4.70. The molecule has 31 heavy (non-hydrogen) atoms. The number of nitrogens with zero attached hydrogens (tertiary/aromatic N) is 2. The molecule has 0 bridgehead atoms. The summed E-state index contributed by atoms with van der Waals surface area (Å²) in [6.45, 7) is 6.17. The van der Waals surface area contributed by atoms with Crippen LogP contribution in [0.3, 0.4) is 0 Å². The van der Waals surface area contributed by atoms with Crippen LogP contribution < -0.4 is 0 Å². The summed E-state index contributed by atoms with van der Waals surface area (Å²) in [6.07, 6.45) is 7.55. The SMILES string of the molecule is O=C(OC(CN1CCCCC1)CN1CCCCC1)C(c1ccccc1)c1ccccc1. The molecule has 2 fully saturated rings. The number of likely N-dealkylation sites (tertiary alicyclic amines) is 2. The fourth-order valence-corrected chi connectivity index (χ4v) is 4.98. The van der Waals surface area contributed by atoms with Crippen molar-refractivity contribution in [3.8, 4) is 0 Å². The van der Waals surface area contributed by atoms with Crippen LogP contribution in [0, 0.1) is 0 Å². The highest BCUT2D eigenvalue weighted by Gasteiger charge is 2.29. The van der Waals surface area contributed by atoms with Gasteiger partial charge in [0.05, 0.1) is 0 Å². The zero-order valence-electron chi connectivity index (χ0n) is 18.6. The van der Waals surface area contributed by atoms with Crippen molar-refractivity contribution in [2.45, 2.75) is 50.5 Å². The van der Waals surface area contributed by atoms with E-state index in [0.717, 1.165) is 50.4 Å². The Morgan fingerprint density at radius 1 is 0.677 bits per heavy atom. The van der Waals surface area contributed by atoms with Crippen LogP contribution >= 0.6 is 0 Å². The maximum absolute atomic E-state index is 13.6. The highest BCUT2D eigenvalue weighted by Crippen LogP contribution is 2.27. The van der Waals surface area contributed by atoms with Crippen molar-refractivity contribution < 1.29 is 9.53 Å². The first-order valence-electron chi connectivity index (χ1n) is 12.0. The lowest BCUT2D eigenvalue weighted by Crippen LogP contribution is -2.46. The Labute approximate surface area is 187 Å². The molecular weight excluding hydrogens is 384 g/mol. The predicted molar refractivity (Wildman–Crippen MR) is 125 cm³/mol. The van der Waals surface area contributed by atoms with Crippen molar-refractivity contribution in [3.05, 3.63) is 71.8 Å². The van der Waals surface area contributed by atoms with Crippen LogP contribution in [0.2, 0.25) is 0 Å². The van der Waals surface area contributed by atoms with Crippen molar-refractivity contribution in [2.24, 2.45) is 0 Å². The van der Waals surface area contributed by atoms with E-state index < -0.39 is 0 Å². The first-order valence-corrected chi connectivity index (χ1v) is 12.0. The lowest BCUT2D eigenvalue weighted by molar-refractivity contribution is -0.152. The lowest BCUT2D eigenvalue weighted by atomic mass is 9.91. The Balaban J connectivity index is 1.51. The number of benzene rings is 2. The van der Waals surface area contributed by atoms with Crippen LogP contribution in [0.25, 0.3) is 0 Å². The molecule has 4 heteroatoms. The van der Waals surface area contributed by atoms with Crippen LogP contribution in [0.15, 0.2) is 60.7 Å². The van der Waals surface area contributed by atoms with E-state index in [2.05, 4.69) is 9.80 Å². The fraction of sp³-hybridized carbons (Fsp3) is 0.519. The van der Waals surface area contributed by atoms with Gasteiger partial charge in [0.2, 0.25) is 0 Å².